The molecule has 3 aromatic rings. The van der Waals surface area contributed by atoms with Gasteiger partial charge in [-0.3, -0.25) is 9.59 Å². The number of halogens is 1. The second kappa shape index (κ2) is 17.8. The van der Waals surface area contributed by atoms with E-state index in [-0.39, 0.29) is 54.3 Å². The van der Waals surface area contributed by atoms with Crippen LogP contribution in [-0.2, 0) is 27.2 Å². The molecule has 0 aliphatic carbocycles. The van der Waals surface area contributed by atoms with Crippen LogP contribution in [0.15, 0.2) is 48.7 Å². The molecule has 10 nitrogen and oxygen atoms in total. The predicted octanol–water partition coefficient (Wildman–Crippen LogP) is 0.639. The number of benzene rings is 2. The monoisotopic (exact) mass is 659 g/mol. The SMILES string of the molecule is Cc1c(Cl)cccc1C[C@@H](NC(=O)[C@H](CC(C)C)NC(=O)N1CCCCCC1)C(=O)N[C@H](Cc1c[nH]c2ccccc12)C(=O)[O-].[Na+]. The van der Waals surface area contributed by atoms with E-state index in [0.29, 0.717) is 30.1 Å². The molecule has 0 saturated carbocycles. The minimum atomic E-state index is -1.44. The van der Waals surface area contributed by atoms with Crippen LogP contribution in [0, 0.1) is 12.8 Å². The number of carboxylic acid groups (broad SMARTS) is 1. The summed E-state index contributed by atoms with van der Waals surface area (Å²) in [4.78, 5) is 57.8. The number of carbonyl (C=O) groups excluding carboxylic acids is 4. The van der Waals surface area contributed by atoms with Gasteiger partial charge in [-0.25, -0.2) is 4.79 Å². The second-order valence-corrected chi connectivity index (χ2v) is 12.7. The van der Waals surface area contributed by atoms with Crippen molar-refractivity contribution in [1.29, 1.82) is 0 Å². The normalized spacial score (nSPS) is 15.3. The molecular formula is C34H43ClN5NaO5. The number of amides is 4. The Balaban J connectivity index is 0.00000576. The molecule has 0 spiro atoms. The Morgan fingerprint density at radius 2 is 1.48 bits per heavy atom. The average Bonchev–Trinajstić information content (AvgIpc) is 3.20. The van der Waals surface area contributed by atoms with Crippen LogP contribution in [0.2, 0.25) is 5.02 Å². The number of hydrogen-bond acceptors (Lipinski definition) is 5. The first-order chi connectivity index (χ1) is 21.5. The van der Waals surface area contributed by atoms with Crippen molar-refractivity contribution in [3.05, 3.63) is 70.4 Å². The maximum absolute atomic E-state index is 13.8. The Kier molecular flexibility index (Phi) is 14.4. The van der Waals surface area contributed by atoms with E-state index in [1.807, 2.05) is 51.1 Å². The third kappa shape index (κ3) is 10.2. The van der Waals surface area contributed by atoms with Crippen LogP contribution in [0.25, 0.3) is 10.9 Å². The molecule has 1 aliphatic rings. The molecule has 2 aromatic carbocycles. The molecule has 46 heavy (non-hydrogen) atoms. The number of rotatable bonds is 12. The molecule has 0 bridgehead atoms. The number of hydrogen-bond donors (Lipinski definition) is 4. The summed E-state index contributed by atoms with van der Waals surface area (Å²) in [5, 5.41) is 21.9. The largest absolute Gasteiger partial charge is 1.00 e. The van der Waals surface area contributed by atoms with Gasteiger partial charge in [-0.05, 0) is 60.9 Å². The Morgan fingerprint density at radius 3 is 2.15 bits per heavy atom. The molecule has 1 aromatic heterocycles. The minimum absolute atomic E-state index is 0. The maximum atomic E-state index is 13.8. The van der Waals surface area contributed by atoms with Gasteiger partial charge in [-0.2, -0.15) is 0 Å². The van der Waals surface area contributed by atoms with Crippen LogP contribution in [0.1, 0.15) is 62.6 Å². The molecule has 12 heteroatoms. The quantitative estimate of drug-likeness (QED) is 0.211. The predicted molar refractivity (Wildman–Crippen MR) is 173 cm³/mol. The summed E-state index contributed by atoms with van der Waals surface area (Å²) in [5.74, 6) is -2.57. The molecule has 0 unspecified atom stereocenters. The summed E-state index contributed by atoms with van der Waals surface area (Å²) in [6.07, 6.45) is 6.06. The summed E-state index contributed by atoms with van der Waals surface area (Å²) in [7, 11) is 0. The van der Waals surface area contributed by atoms with Gasteiger partial charge in [0.1, 0.15) is 12.1 Å². The molecule has 1 saturated heterocycles. The third-order valence-corrected chi connectivity index (χ3v) is 8.76. The molecule has 1 fully saturated rings. The Labute approximate surface area is 297 Å². The van der Waals surface area contributed by atoms with Gasteiger partial charge in [-0.1, -0.05) is 68.6 Å². The van der Waals surface area contributed by atoms with E-state index < -0.39 is 35.9 Å². The van der Waals surface area contributed by atoms with Gasteiger partial charge >= 0.3 is 35.6 Å². The Morgan fingerprint density at radius 1 is 0.848 bits per heavy atom. The van der Waals surface area contributed by atoms with Crippen molar-refractivity contribution in [3.8, 4) is 0 Å². The summed E-state index contributed by atoms with van der Waals surface area (Å²) in [5.41, 5.74) is 3.02. The third-order valence-electron chi connectivity index (χ3n) is 8.35. The summed E-state index contributed by atoms with van der Waals surface area (Å²) < 4.78 is 0. The standard InChI is InChI=1S/C34H44ClN5O5.Na/c1-21(2)17-28(39-34(45)40-15-8-4-5-9-16-40)31(41)37-29(18-23-11-10-13-26(35)22(23)3)32(42)38-30(33(43)44)19-24-20-36-27-14-7-6-12-25(24)27;/h6-7,10-14,20-21,28-30,36H,4-5,8-9,15-19H2,1-3H3,(H,37,41)(H,38,42)(H,39,45)(H,43,44);/q;+1/p-1/t28-,29+,30+;/m0./s1. The van der Waals surface area contributed by atoms with Crippen LogP contribution in [0.4, 0.5) is 4.79 Å². The summed E-state index contributed by atoms with van der Waals surface area (Å²) >= 11 is 6.36. The van der Waals surface area contributed by atoms with Crippen molar-refractivity contribution in [1.82, 2.24) is 25.8 Å². The van der Waals surface area contributed by atoms with Crippen molar-refractivity contribution in [3.63, 3.8) is 0 Å². The fourth-order valence-electron chi connectivity index (χ4n) is 5.78. The number of aliphatic carboxylic acids is 1. The molecule has 4 amide bonds. The van der Waals surface area contributed by atoms with Gasteiger partial charge in [0.2, 0.25) is 11.8 Å². The van der Waals surface area contributed by atoms with Crippen molar-refractivity contribution in [2.75, 3.05) is 13.1 Å². The molecule has 1 aliphatic heterocycles. The van der Waals surface area contributed by atoms with Crippen LogP contribution in [-0.4, -0.2) is 64.9 Å². The molecule has 242 valence electrons. The number of aromatic amines is 1. The van der Waals surface area contributed by atoms with Crippen molar-refractivity contribution in [2.24, 2.45) is 5.92 Å². The number of H-pyrrole nitrogens is 1. The van der Waals surface area contributed by atoms with Gasteiger partial charge in [0, 0.05) is 48.1 Å². The Hall–Kier alpha value is -3.05. The molecule has 0 radical (unpaired) electrons. The van der Waals surface area contributed by atoms with Crippen LogP contribution in [0.3, 0.4) is 0 Å². The molecule has 3 atom stereocenters. The van der Waals surface area contributed by atoms with Crippen molar-refractivity contribution < 1.29 is 53.8 Å². The zero-order valence-electron chi connectivity index (χ0n) is 27.2. The summed E-state index contributed by atoms with van der Waals surface area (Å²) in [6.45, 7) is 6.97. The number of carbonyl (C=O) groups is 4. The number of nitrogens with zero attached hydrogens (tertiary/aromatic N) is 1. The maximum Gasteiger partial charge on any atom is 1.00 e. The van der Waals surface area contributed by atoms with E-state index in [9.17, 15) is 24.3 Å². The van der Waals surface area contributed by atoms with E-state index in [1.54, 1.807) is 23.2 Å². The first-order valence-electron chi connectivity index (χ1n) is 15.7. The smallest absolute Gasteiger partial charge is 0.548 e. The van der Waals surface area contributed by atoms with E-state index in [2.05, 4.69) is 20.9 Å². The van der Waals surface area contributed by atoms with Crippen LogP contribution >= 0.6 is 11.6 Å². The van der Waals surface area contributed by atoms with Crippen LogP contribution in [0.5, 0.6) is 0 Å². The zero-order valence-corrected chi connectivity index (χ0v) is 29.9. The number of para-hydroxylation sites is 1. The van der Waals surface area contributed by atoms with Crippen LogP contribution < -0.4 is 50.6 Å². The topological polar surface area (TPSA) is 146 Å². The van der Waals surface area contributed by atoms with Crippen molar-refractivity contribution >= 4 is 46.3 Å². The van der Waals surface area contributed by atoms with E-state index >= 15 is 0 Å². The first kappa shape index (κ1) is 37.4. The number of carboxylic acids is 1. The number of nitrogens with one attached hydrogen (secondary N) is 4. The van der Waals surface area contributed by atoms with E-state index in [0.717, 1.165) is 47.7 Å². The first-order valence-corrected chi connectivity index (χ1v) is 16.1. The summed E-state index contributed by atoms with van der Waals surface area (Å²) in [6, 6.07) is 9.07. The van der Waals surface area contributed by atoms with E-state index in [4.69, 9.17) is 11.6 Å². The number of likely N-dealkylation sites (tertiary alicyclic amines) is 1. The van der Waals surface area contributed by atoms with Gasteiger partial charge in [0.25, 0.3) is 0 Å². The van der Waals surface area contributed by atoms with Gasteiger partial charge in [-0.15, -0.1) is 0 Å². The van der Waals surface area contributed by atoms with E-state index in [1.165, 1.54) is 0 Å². The van der Waals surface area contributed by atoms with Crippen molar-refractivity contribution in [2.45, 2.75) is 83.8 Å². The molecular weight excluding hydrogens is 617 g/mol. The van der Waals surface area contributed by atoms with Gasteiger partial charge < -0.3 is 35.7 Å². The van der Waals surface area contributed by atoms with Gasteiger partial charge in [0.15, 0.2) is 0 Å². The average molecular weight is 660 g/mol. The fourth-order valence-corrected chi connectivity index (χ4v) is 5.97. The minimum Gasteiger partial charge on any atom is -0.548 e. The van der Waals surface area contributed by atoms with Gasteiger partial charge in [0.05, 0.1) is 12.0 Å². The molecule has 4 rings (SSSR count). The number of aromatic nitrogens is 1. The molecule has 4 N–H and O–H groups in total. The second-order valence-electron chi connectivity index (χ2n) is 12.3. The fraction of sp³-hybridized carbons (Fsp3) is 0.471. The number of urea groups is 1. The Bertz CT molecular complexity index is 1500. The molecule has 2 heterocycles. The number of fused-ring (bicyclic) bond motifs is 1. The zero-order chi connectivity index (χ0) is 32.5.